The van der Waals surface area contributed by atoms with Crippen molar-refractivity contribution in [3.05, 3.63) is 22.4 Å². The van der Waals surface area contributed by atoms with E-state index in [9.17, 15) is 0 Å². The number of unbranched alkanes of at least 4 members (excludes halogenated alkanes) is 2. The van der Waals surface area contributed by atoms with Gasteiger partial charge in [0.1, 0.15) is 0 Å². The predicted molar refractivity (Wildman–Crippen MR) is 86.8 cm³/mol. The first-order valence-corrected chi connectivity index (χ1v) is 8.55. The molecular weight excluding hydrogens is 252 g/mol. The molecule has 0 aromatic carbocycles. The van der Waals surface area contributed by atoms with Gasteiger partial charge in [-0.25, -0.2) is 0 Å². The summed E-state index contributed by atoms with van der Waals surface area (Å²) in [6.45, 7) is 12.6. The van der Waals surface area contributed by atoms with Gasteiger partial charge in [0.2, 0.25) is 0 Å². The minimum atomic E-state index is 0.765. The van der Waals surface area contributed by atoms with Crippen LogP contribution in [0.5, 0.6) is 0 Å². The second-order valence-corrected chi connectivity index (χ2v) is 6.64. The molecule has 0 radical (unpaired) electrons. The molecule has 0 aliphatic carbocycles. The van der Waals surface area contributed by atoms with E-state index in [2.05, 4.69) is 48.5 Å². The van der Waals surface area contributed by atoms with Crippen LogP contribution in [0.15, 0.2) is 17.5 Å². The molecular formula is C16H30N2S. The van der Waals surface area contributed by atoms with Gasteiger partial charge in [-0.15, -0.1) is 11.3 Å². The monoisotopic (exact) mass is 282 g/mol. The largest absolute Gasteiger partial charge is 0.316 e. The van der Waals surface area contributed by atoms with Gasteiger partial charge in [-0.05, 0) is 56.4 Å². The first-order chi connectivity index (χ1) is 9.22. The van der Waals surface area contributed by atoms with Crippen LogP contribution in [0.3, 0.4) is 0 Å². The molecule has 0 saturated carbocycles. The quantitative estimate of drug-likeness (QED) is 0.617. The van der Waals surface area contributed by atoms with Gasteiger partial charge in [0.15, 0.2) is 0 Å². The van der Waals surface area contributed by atoms with E-state index in [-0.39, 0.29) is 0 Å². The third-order valence-electron chi connectivity index (χ3n) is 3.29. The van der Waals surface area contributed by atoms with Crippen molar-refractivity contribution in [1.29, 1.82) is 0 Å². The van der Waals surface area contributed by atoms with E-state index in [0.29, 0.717) is 0 Å². The molecule has 0 bridgehead atoms. The van der Waals surface area contributed by atoms with Gasteiger partial charge in [-0.1, -0.05) is 33.3 Å². The van der Waals surface area contributed by atoms with E-state index in [1.807, 2.05) is 11.3 Å². The number of hydrogen-bond acceptors (Lipinski definition) is 3. The SMILES string of the molecule is CCN(CCCCCNCC(C)C)Cc1cccs1. The fourth-order valence-corrected chi connectivity index (χ4v) is 2.87. The average molecular weight is 282 g/mol. The molecule has 3 heteroatoms. The average Bonchev–Trinajstić information content (AvgIpc) is 2.88. The molecule has 1 rings (SSSR count). The van der Waals surface area contributed by atoms with Crippen LogP contribution in [0.25, 0.3) is 0 Å². The zero-order valence-corrected chi connectivity index (χ0v) is 13.6. The van der Waals surface area contributed by atoms with Crippen LogP contribution in [0.4, 0.5) is 0 Å². The molecule has 1 aromatic rings. The molecule has 1 aromatic heterocycles. The summed E-state index contributed by atoms with van der Waals surface area (Å²) in [5, 5.41) is 5.68. The molecule has 0 saturated heterocycles. The molecule has 19 heavy (non-hydrogen) atoms. The molecule has 2 nitrogen and oxygen atoms in total. The number of nitrogens with zero attached hydrogens (tertiary/aromatic N) is 1. The van der Waals surface area contributed by atoms with Gasteiger partial charge in [0.25, 0.3) is 0 Å². The maximum Gasteiger partial charge on any atom is 0.0327 e. The zero-order valence-electron chi connectivity index (χ0n) is 12.8. The molecule has 0 amide bonds. The van der Waals surface area contributed by atoms with Crippen molar-refractivity contribution in [2.45, 2.75) is 46.6 Å². The Labute approximate surface area is 123 Å². The molecule has 110 valence electrons. The first kappa shape index (κ1) is 16.7. The van der Waals surface area contributed by atoms with Crippen molar-refractivity contribution < 1.29 is 0 Å². The Morgan fingerprint density at radius 2 is 2.11 bits per heavy atom. The van der Waals surface area contributed by atoms with Gasteiger partial charge in [-0.2, -0.15) is 0 Å². The topological polar surface area (TPSA) is 15.3 Å². The standard InChI is InChI=1S/C16H30N2S/c1-4-18(14-16-9-8-12-19-16)11-7-5-6-10-17-13-15(2)3/h8-9,12,15,17H,4-7,10-11,13-14H2,1-3H3. The second-order valence-electron chi connectivity index (χ2n) is 5.61. The fourth-order valence-electron chi connectivity index (χ4n) is 2.12. The molecule has 0 unspecified atom stereocenters. The van der Waals surface area contributed by atoms with Crippen molar-refractivity contribution in [3.8, 4) is 0 Å². The summed E-state index contributed by atoms with van der Waals surface area (Å²) < 4.78 is 0. The zero-order chi connectivity index (χ0) is 13.9. The van der Waals surface area contributed by atoms with Gasteiger partial charge < -0.3 is 5.32 Å². The van der Waals surface area contributed by atoms with E-state index < -0.39 is 0 Å². The lowest BCUT2D eigenvalue weighted by molar-refractivity contribution is 0.275. The lowest BCUT2D eigenvalue weighted by atomic mass is 10.2. The molecule has 1 heterocycles. The second kappa shape index (κ2) is 10.4. The van der Waals surface area contributed by atoms with E-state index in [1.54, 1.807) is 0 Å². The Bertz CT molecular complexity index is 296. The number of thiophene rings is 1. The van der Waals surface area contributed by atoms with Crippen LogP contribution in [0, 0.1) is 5.92 Å². The van der Waals surface area contributed by atoms with Crippen molar-refractivity contribution in [2.75, 3.05) is 26.2 Å². The van der Waals surface area contributed by atoms with Gasteiger partial charge in [-0.3, -0.25) is 4.90 Å². The van der Waals surface area contributed by atoms with Gasteiger partial charge in [0.05, 0.1) is 0 Å². The Morgan fingerprint density at radius 3 is 2.74 bits per heavy atom. The van der Waals surface area contributed by atoms with Crippen LogP contribution in [0.2, 0.25) is 0 Å². The minimum Gasteiger partial charge on any atom is -0.316 e. The van der Waals surface area contributed by atoms with Crippen LogP contribution >= 0.6 is 11.3 Å². The van der Waals surface area contributed by atoms with Crippen molar-refractivity contribution in [3.63, 3.8) is 0 Å². The highest BCUT2D eigenvalue weighted by Crippen LogP contribution is 2.12. The predicted octanol–water partition coefficient (Wildman–Crippen LogP) is 3.99. The number of hydrogen-bond donors (Lipinski definition) is 1. The summed E-state index contributed by atoms with van der Waals surface area (Å²) in [7, 11) is 0. The number of rotatable bonds is 11. The van der Waals surface area contributed by atoms with E-state index in [1.165, 1.54) is 37.2 Å². The van der Waals surface area contributed by atoms with Gasteiger partial charge in [0, 0.05) is 11.4 Å². The third kappa shape index (κ3) is 8.40. The normalized spacial score (nSPS) is 11.6. The summed E-state index contributed by atoms with van der Waals surface area (Å²) in [4.78, 5) is 4.04. The Balaban J connectivity index is 2.00. The van der Waals surface area contributed by atoms with Crippen LogP contribution in [-0.2, 0) is 6.54 Å². The van der Waals surface area contributed by atoms with Gasteiger partial charge >= 0.3 is 0 Å². The van der Waals surface area contributed by atoms with E-state index >= 15 is 0 Å². The fraction of sp³-hybridized carbons (Fsp3) is 0.750. The summed E-state index contributed by atoms with van der Waals surface area (Å²) in [5.74, 6) is 0.765. The molecule has 1 N–H and O–H groups in total. The molecule has 0 spiro atoms. The lowest BCUT2D eigenvalue weighted by Crippen LogP contribution is -2.24. The third-order valence-corrected chi connectivity index (χ3v) is 4.15. The Morgan fingerprint density at radius 1 is 1.26 bits per heavy atom. The summed E-state index contributed by atoms with van der Waals surface area (Å²) in [6.07, 6.45) is 3.97. The van der Waals surface area contributed by atoms with Crippen molar-refractivity contribution in [1.82, 2.24) is 10.2 Å². The van der Waals surface area contributed by atoms with Crippen LogP contribution in [-0.4, -0.2) is 31.1 Å². The highest BCUT2D eigenvalue weighted by Gasteiger charge is 2.04. The molecule has 0 atom stereocenters. The smallest absolute Gasteiger partial charge is 0.0327 e. The molecule has 0 aliphatic rings. The van der Waals surface area contributed by atoms with E-state index in [0.717, 1.165) is 25.6 Å². The molecule has 0 aliphatic heterocycles. The maximum absolute atomic E-state index is 3.51. The Hall–Kier alpha value is -0.380. The number of nitrogens with one attached hydrogen (secondary N) is 1. The van der Waals surface area contributed by atoms with Crippen LogP contribution < -0.4 is 5.32 Å². The van der Waals surface area contributed by atoms with Crippen LogP contribution in [0.1, 0.15) is 44.9 Å². The van der Waals surface area contributed by atoms with Crippen molar-refractivity contribution in [2.24, 2.45) is 5.92 Å². The Kier molecular flexibility index (Phi) is 9.14. The highest BCUT2D eigenvalue weighted by molar-refractivity contribution is 7.09. The summed E-state index contributed by atoms with van der Waals surface area (Å²) >= 11 is 1.87. The summed E-state index contributed by atoms with van der Waals surface area (Å²) in [6, 6.07) is 4.39. The lowest BCUT2D eigenvalue weighted by Gasteiger charge is -2.19. The van der Waals surface area contributed by atoms with E-state index in [4.69, 9.17) is 0 Å². The minimum absolute atomic E-state index is 0.765. The molecule has 0 fully saturated rings. The summed E-state index contributed by atoms with van der Waals surface area (Å²) in [5.41, 5.74) is 0. The highest BCUT2D eigenvalue weighted by atomic mass is 32.1. The van der Waals surface area contributed by atoms with Crippen molar-refractivity contribution >= 4 is 11.3 Å². The first-order valence-electron chi connectivity index (χ1n) is 7.67. The maximum atomic E-state index is 3.51.